The largest absolute Gasteiger partial charge is 0.492 e. The minimum Gasteiger partial charge on any atom is -0.492 e. The Balaban J connectivity index is 2.33. The average Bonchev–Trinajstić information content (AvgIpc) is 2.39. The van der Waals surface area contributed by atoms with Gasteiger partial charge >= 0.3 is 0 Å². The molecule has 0 aliphatic heterocycles. The van der Waals surface area contributed by atoms with Crippen LogP contribution >= 0.6 is 23.2 Å². The highest BCUT2D eigenvalue weighted by molar-refractivity contribution is 6.33. The van der Waals surface area contributed by atoms with Crippen molar-refractivity contribution in [3.8, 4) is 5.75 Å². The standard InChI is InChI=1S/C12H12Cl2N4O/c1-2-19-9-5-3-4-8(10(9)15)17-11-7(13)6-16-12(14)18-11/h3-6H,2,15H2,1H3,(H,16,17,18). The van der Waals surface area contributed by atoms with Crippen LogP contribution in [0, 0.1) is 0 Å². The summed E-state index contributed by atoms with van der Waals surface area (Å²) in [4.78, 5) is 7.78. The molecule has 0 radical (unpaired) electrons. The SMILES string of the molecule is CCOc1cccc(Nc2nc(Cl)ncc2Cl)c1N. The second kappa shape index (κ2) is 5.95. The maximum Gasteiger partial charge on any atom is 0.224 e. The van der Waals surface area contributed by atoms with Crippen molar-refractivity contribution in [1.29, 1.82) is 0 Å². The Morgan fingerprint density at radius 3 is 2.89 bits per heavy atom. The Labute approximate surface area is 120 Å². The molecular formula is C12H12Cl2N4O. The molecule has 0 aliphatic carbocycles. The number of para-hydroxylation sites is 1. The van der Waals surface area contributed by atoms with Crippen molar-refractivity contribution in [2.24, 2.45) is 0 Å². The van der Waals surface area contributed by atoms with E-state index in [1.807, 2.05) is 13.0 Å². The first-order chi connectivity index (χ1) is 9.11. The van der Waals surface area contributed by atoms with E-state index in [1.54, 1.807) is 12.1 Å². The van der Waals surface area contributed by atoms with Gasteiger partial charge in [-0.3, -0.25) is 0 Å². The number of aromatic nitrogens is 2. The second-order valence-corrected chi connectivity index (χ2v) is 4.36. The Morgan fingerprint density at radius 2 is 2.16 bits per heavy atom. The van der Waals surface area contributed by atoms with Gasteiger partial charge in [0.15, 0.2) is 5.82 Å². The molecule has 1 heterocycles. The van der Waals surface area contributed by atoms with Gasteiger partial charge in [0.2, 0.25) is 5.28 Å². The van der Waals surface area contributed by atoms with Crippen LogP contribution in [-0.2, 0) is 0 Å². The summed E-state index contributed by atoms with van der Waals surface area (Å²) in [6, 6.07) is 5.41. The van der Waals surface area contributed by atoms with E-state index in [4.69, 9.17) is 33.7 Å². The van der Waals surface area contributed by atoms with Gasteiger partial charge in [0, 0.05) is 0 Å². The second-order valence-electron chi connectivity index (χ2n) is 3.61. The predicted octanol–water partition coefficient (Wildman–Crippen LogP) is 3.51. The monoisotopic (exact) mass is 298 g/mol. The number of nitrogens with two attached hydrogens (primary N) is 1. The number of nitrogen functional groups attached to an aromatic ring is 1. The third-order valence-electron chi connectivity index (χ3n) is 2.33. The summed E-state index contributed by atoms with van der Waals surface area (Å²) < 4.78 is 5.41. The van der Waals surface area contributed by atoms with Crippen LogP contribution in [0.3, 0.4) is 0 Å². The smallest absolute Gasteiger partial charge is 0.224 e. The highest BCUT2D eigenvalue weighted by Crippen LogP contribution is 2.33. The summed E-state index contributed by atoms with van der Waals surface area (Å²) in [6.45, 7) is 2.42. The van der Waals surface area contributed by atoms with E-state index in [2.05, 4.69) is 15.3 Å². The Hall–Kier alpha value is -1.72. The average molecular weight is 299 g/mol. The summed E-state index contributed by atoms with van der Waals surface area (Å²) in [7, 11) is 0. The molecule has 2 rings (SSSR count). The Kier molecular flexibility index (Phi) is 4.29. The van der Waals surface area contributed by atoms with E-state index >= 15 is 0 Å². The van der Waals surface area contributed by atoms with E-state index in [9.17, 15) is 0 Å². The predicted molar refractivity (Wildman–Crippen MR) is 77.4 cm³/mol. The minimum atomic E-state index is 0.103. The number of nitrogens with one attached hydrogen (secondary N) is 1. The number of hydrogen-bond donors (Lipinski definition) is 2. The molecule has 3 N–H and O–H groups in total. The van der Waals surface area contributed by atoms with Gasteiger partial charge in [0.25, 0.3) is 0 Å². The van der Waals surface area contributed by atoms with Gasteiger partial charge in [-0.1, -0.05) is 17.7 Å². The summed E-state index contributed by atoms with van der Waals surface area (Å²) in [6.07, 6.45) is 1.42. The van der Waals surface area contributed by atoms with Crippen LogP contribution in [-0.4, -0.2) is 16.6 Å². The van der Waals surface area contributed by atoms with Crippen molar-refractivity contribution in [1.82, 2.24) is 9.97 Å². The number of hydrogen-bond acceptors (Lipinski definition) is 5. The third-order valence-corrected chi connectivity index (χ3v) is 2.79. The first-order valence-corrected chi connectivity index (χ1v) is 6.33. The zero-order valence-electron chi connectivity index (χ0n) is 10.2. The van der Waals surface area contributed by atoms with Crippen LogP contribution in [0.15, 0.2) is 24.4 Å². The fourth-order valence-electron chi connectivity index (χ4n) is 1.50. The molecule has 0 saturated carbocycles. The molecule has 19 heavy (non-hydrogen) atoms. The highest BCUT2D eigenvalue weighted by atomic mass is 35.5. The van der Waals surface area contributed by atoms with E-state index < -0.39 is 0 Å². The Bertz CT molecular complexity index is 592. The van der Waals surface area contributed by atoms with E-state index in [1.165, 1.54) is 6.20 Å². The van der Waals surface area contributed by atoms with E-state index in [0.717, 1.165) is 0 Å². The normalized spacial score (nSPS) is 10.3. The Morgan fingerprint density at radius 1 is 1.37 bits per heavy atom. The van der Waals surface area contributed by atoms with Crippen LogP contribution in [0.5, 0.6) is 5.75 Å². The summed E-state index contributed by atoms with van der Waals surface area (Å²) in [5, 5.41) is 3.46. The summed E-state index contributed by atoms with van der Waals surface area (Å²) in [5.74, 6) is 0.991. The number of anilines is 3. The minimum absolute atomic E-state index is 0.103. The van der Waals surface area contributed by atoms with Gasteiger partial charge in [0.05, 0.1) is 24.2 Å². The molecule has 0 bridgehead atoms. The molecular weight excluding hydrogens is 287 g/mol. The third kappa shape index (κ3) is 3.19. The highest BCUT2D eigenvalue weighted by Gasteiger charge is 2.09. The van der Waals surface area contributed by atoms with Crippen LogP contribution in [0.2, 0.25) is 10.3 Å². The van der Waals surface area contributed by atoms with Gasteiger partial charge in [-0.15, -0.1) is 0 Å². The fraction of sp³-hybridized carbons (Fsp3) is 0.167. The van der Waals surface area contributed by atoms with Crippen molar-refractivity contribution in [3.63, 3.8) is 0 Å². The quantitative estimate of drug-likeness (QED) is 0.667. The maximum absolute atomic E-state index is 6.00. The first kappa shape index (κ1) is 13.7. The zero-order chi connectivity index (χ0) is 13.8. The van der Waals surface area contributed by atoms with Crippen molar-refractivity contribution in [3.05, 3.63) is 34.7 Å². The molecule has 0 saturated heterocycles. The van der Waals surface area contributed by atoms with Crippen LogP contribution in [0.25, 0.3) is 0 Å². The van der Waals surface area contributed by atoms with Crippen LogP contribution < -0.4 is 15.8 Å². The molecule has 7 heteroatoms. The molecule has 5 nitrogen and oxygen atoms in total. The van der Waals surface area contributed by atoms with E-state index in [0.29, 0.717) is 34.6 Å². The summed E-state index contributed by atoms with van der Waals surface area (Å²) in [5.41, 5.74) is 7.12. The fourth-order valence-corrected chi connectivity index (χ4v) is 1.77. The van der Waals surface area contributed by atoms with E-state index in [-0.39, 0.29) is 5.28 Å². The number of ether oxygens (including phenoxy) is 1. The molecule has 0 unspecified atom stereocenters. The van der Waals surface area contributed by atoms with Gasteiger partial charge in [-0.05, 0) is 30.7 Å². The number of nitrogens with zero attached hydrogens (tertiary/aromatic N) is 2. The van der Waals surface area contributed by atoms with Crippen LogP contribution in [0.1, 0.15) is 6.92 Å². The lowest BCUT2D eigenvalue weighted by Gasteiger charge is -2.13. The maximum atomic E-state index is 6.00. The summed E-state index contributed by atoms with van der Waals surface area (Å²) >= 11 is 11.7. The molecule has 2 aromatic rings. The van der Waals surface area contributed by atoms with Crippen molar-refractivity contribution >= 4 is 40.4 Å². The first-order valence-electron chi connectivity index (χ1n) is 5.58. The topological polar surface area (TPSA) is 73.1 Å². The van der Waals surface area contributed by atoms with Crippen molar-refractivity contribution in [2.45, 2.75) is 6.92 Å². The molecule has 0 fully saturated rings. The van der Waals surface area contributed by atoms with Gasteiger partial charge in [-0.25, -0.2) is 4.98 Å². The lowest BCUT2D eigenvalue weighted by atomic mass is 10.2. The lowest BCUT2D eigenvalue weighted by molar-refractivity contribution is 0.342. The zero-order valence-corrected chi connectivity index (χ0v) is 11.7. The molecule has 100 valence electrons. The number of rotatable bonds is 4. The molecule has 0 amide bonds. The molecule has 1 aromatic heterocycles. The molecule has 1 aromatic carbocycles. The van der Waals surface area contributed by atoms with Crippen molar-refractivity contribution in [2.75, 3.05) is 17.7 Å². The van der Waals surface area contributed by atoms with Gasteiger partial charge < -0.3 is 15.8 Å². The number of benzene rings is 1. The number of halogens is 2. The van der Waals surface area contributed by atoms with Crippen molar-refractivity contribution < 1.29 is 4.74 Å². The molecule has 0 spiro atoms. The lowest BCUT2D eigenvalue weighted by Crippen LogP contribution is -2.02. The van der Waals surface area contributed by atoms with Crippen LogP contribution in [0.4, 0.5) is 17.2 Å². The molecule has 0 atom stereocenters. The van der Waals surface area contributed by atoms with Gasteiger partial charge in [-0.2, -0.15) is 4.98 Å². The van der Waals surface area contributed by atoms with Gasteiger partial charge in [0.1, 0.15) is 10.8 Å². The molecule has 0 aliphatic rings.